The maximum absolute atomic E-state index is 6.18. The second-order valence-corrected chi connectivity index (χ2v) is 15.1. The van der Waals surface area contributed by atoms with Gasteiger partial charge in [-0.15, -0.1) is 0 Å². The molecule has 0 aliphatic rings. The average Bonchev–Trinajstić information content (AvgIpc) is 3.70. The maximum Gasteiger partial charge on any atom is 0.154 e. The molecule has 6 aromatic heterocycles. The van der Waals surface area contributed by atoms with Crippen LogP contribution in [-0.2, 0) is 0 Å². The Labute approximate surface area is 343 Å². The summed E-state index contributed by atoms with van der Waals surface area (Å²) in [5.41, 5.74) is 10.8. The van der Waals surface area contributed by atoms with Crippen molar-refractivity contribution < 1.29 is 4.42 Å². The summed E-state index contributed by atoms with van der Waals surface area (Å²) in [5.74, 6) is 0. The number of nitrogens with zero attached hydrogens (tertiary/aromatic N) is 6. The number of rotatable bonds is 6. The van der Waals surface area contributed by atoms with Crippen molar-refractivity contribution in [2.75, 3.05) is 4.90 Å². The van der Waals surface area contributed by atoms with Crippen molar-refractivity contribution in [2.24, 2.45) is 0 Å². The van der Waals surface area contributed by atoms with Crippen LogP contribution in [0.3, 0.4) is 0 Å². The Morgan fingerprint density at radius 1 is 0.367 bits per heavy atom. The van der Waals surface area contributed by atoms with Gasteiger partial charge in [0.1, 0.15) is 5.58 Å². The highest BCUT2D eigenvalue weighted by molar-refractivity contribution is 6.12. The van der Waals surface area contributed by atoms with Crippen molar-refractivity contribution in [2.45, 2.75) is 0 Å². The number of hydrogen-bond acceptors (Lipinski definition) is 7. The third-order valence-electron chi connectivity index (χ3n) is 11.5. The zero-order valence-electron chi connectivity index (χ0n) is 32.1. The fraction of sp³-hybridized carbons (Fsp3) is 0. The molecule has 0 unspecified atom stereocenters. The topological polar surface area (TPSA) is 80.8 Å². The maximum atomic E-state index is 6.18. The first-order valence-corrected chi connectivity index (χ1v) is 19.8. The molecule has 0 atom stereocenters. The molecule has 12 aromatic rings. The van der Waals surface area contributed by atoms with Gasteiger partial charge in [0.05, 0.1) is 17.6 Å². The quantitative estimate of drug-likeness (QED) is 0.167. The Bertz CT molecular complexity index is 3470. The van der Waals surface area contributed by atoms with E-state index in [1.165, 1.54) is 0 Å². The second kappa shape index (κ2) is 13.7. The van der Waals surface area contributed by atoms with Crippen LogP contribution in [0, 0.1) is 0 Å². The van der Waals surface area contributed by atoms with E-state index in [-0.39, 0.29) is 0 Å². The molecule has 60 heavy (non-hydrogen) atoms. The largest absolute Gasteiger partial charge is 0.454 e. The van der Waals surface area contributed by atoms with Crippen molar-refractivity contribution in [1.82, 2.24) is 24.9 Å². The third kappa shape index (κ3) is 5.79. The lowest BCUT2D eigenvalue weighted by atomic mass is 10.00. The van der Waals surface area contributed by atoms with Gasteiger partial charge in [0.15, 0.2) is 5.58 Å². The van der Waals surface area contributed by atoms with Gasteiger partial charge < -0.3 is 9.32 Å². The number of anilines is 3. The highest BCUT2D eigenvalue weighted by Gasteiger charge is 2.17. The molecule has 0 radical (unpaired) electrons. The van der Waals surface area contributed by atoms with Gasteiger partial charge in [-0.3, -0.25) is 24.9 Å². The minimum Gasteiger partial charge on any atom is -0.454 e. The van der Waals surface area contributed by atoms with Crippen molar-refractivity contribution in [3.8, 4) is 33.6 Å². The molecule has 0 saturated carbocycles. The minimum atomic E-state index is 0.778. The Hall–Kier alpha value is -8.29. The van der Waals surface area contributed by atoms with Crippen LogP contribution in [0.5, 0.6) is 0 Å². The molecule has 6 heterocycles. The van der Waals surface area contributed by atoms with Gasteiger partial charge in [-0.1, -0.05) is 66.7 Å². The van der Waals surface area contributed by atoms with Crippen LogP contribution >= 0.6 is 0 Å². The minimum absolute atomic E-state index is 0.778. The zero-order valence-corrected chi connectivity index (χ0v) is 32.1. The van der Waals surface area contributed by atoms with E-state index < -0.39 is 0 Å². The van der Waals surface area contributed by atoms with Gasteiger partial charge in [-0.2, -0.15) is 0 Å². The highest BCUT2D eigenvalue weighted by Crippen LogP contribution is 2.41. The molecule has 0 N–H and O–H groups in total. The summed E-state index contributed by atoms with van der Waals surface area (Å²) in [7, 11) is 0. The Balaban J connectivity index is 0.955. The zero-order chi connectivity index (χ0) is 39.6. The Morgan fingerprint density at radius 2 is 0.917 bits per heavy atom. The lowest BCUT2D eigenvalue weighted by Gasteiger charge is -2.26. The van der Waals surface area contributed by atoms with Crippen molar-refractivity contribution in [3.05, 3.63) is 195 Å². The van der Waals surface area contributed by atoms with Crippen LogP contribution in [0.2, 0.25) is 0 Å². The molecule has 7 nitrogen and oxygen atoms in total. The van der Waals surface area contributed by atoms with E-state index in [1.807, 2.05) is 61.3 Å². The first-order chi connectivity index (χ1) is 29.7. The van der Waals surface area contributed by atoms with Gasteiger partial charge >= 0.3 is 0 Å². The van der Waals surface area contributed by atoms with Crippen molar-refractivity contribution in [1.29, 1.82) is 0 Å². The number of hydrogen-bond donors (Lipinski definition) is 0. The first-order valence-electron chi connectivity index (χ1n) is 19.8. The van der Waals surface area contributed by atoms with Crippen molar-refractivity contribution in [3.63, 3.8) is 0 Å². The normalized spacial score (nSPS) is 11.7. The summed E-state index contributed by atoms with van der Waals surface area (Å²) in [6, 6.07) is 51.5. The summed E-state index contributed by atoms with van der Waals surface area (Å²) in [6.45, 7) is 0. The second-order valence-electron chi connectivity index (χ2n) is 15.1. The molecule has 7 heteroatoms. The molecule has 0 fully saturated rings. The number of benzene rings is 6. The Kier molecular flexibility index (Phi) is 7.71. The molecule has 0 spiro atoms. The fourth-order valence-corrected chi connectivity index (χ4v) is 8.47. The SMILES string of the molecule is c1ccc2c(c1)oc1cncc(-c3ccc(N(c4ccc5cc(-c6cc7cnccc7cn6)ccc5c4)c4ccc5cc(-c6cc7cnccc7cn6)ccc5c4)cc3)c12. The van der Waals surface area contributed by atoms with E-state index in [9.17, 15) is 0 Å². The van der Waals surface area contributed by atoms with Crippen LogP contribution in [0.15, 0.2) is 200 Å². The lowest BCUT2D eigenvalue weighted by molar-refractivity contribution is 0.667. The summed E-state index contributed by atoms with van der Waals surface area (Å²) in [6.07, 6.45) is 14.9. The number of pyridine rings is 5. The molecule has 280 valence electrons. The van der Waals surface area contributed by atoms with E-state index in [0.717, 1.165) is 116 Å². The lowest BCUT2D eigenvalue weighted by Crippen LogP contribution is -2.10. The first kappa shape index (κ1) is 33.8. The van der Waals surface area contributed by atoms with Crippen LogP contribution in [0.25, 0.3) is 98.7 Å². The predicted molar refractivity (Wildman–Crippen MR) is 244 cm³/mol. The summed E-state index contributed by atoms with van der Waals surface area (Å²) >= 11 is 0. The van der Waals surface area contributed by atoms with E-state index in [2.05, 4.69) is 135 Å². The predicted octanol–water partition coefficient (Wildman–Crippen LogP) is 13.6. The van der Waals surface area contributed by atoms with Gasteiger partial charge in [0.2, 0.25) is 0 Å². The van der Waals surface area contributed by atoms with E-state index >= 15 is 0 Å². The number of para-hydroxylation sites is 1. The average molecular weight is 769 g/mol. The molecule has 0 amide bonds. The van der Waals surface area contributed by atoms with E-state index in [0.29, 0.717) is 0 Å². The van der Waals surface area contributed by atoms with Crippen LogP contribution in [-0.4, -0.2) is 24.9 Å². The number of fused-ring (bicyclic) bond motifs is 7. The monoisotopic (exact) mass is 768 g/mol. The standard InChI is InChI=1S/C53H32N6O/c1-2-4-51-47(3-1)53-48(31-56-32-52(53)60-51)33-9-13-44(14-10-33)59(45-15-11-34-21-38(7-5-36(34)23-45)49-25-42-27-54-19-17-40(42)29-57-49)46-16-12-35-22-39(8-6-37(35)24-46)50-26-43-28-55-20-18-41(43)30-58-50/h1-32H. The molecule has 0 aliphatic carbocycles. The van der Waals surface area contributed by atoms with Gasteiger partial charge in [-0.25, -0.2) is 0 Å². The van der Waals surface area contributed by atoms with E-state index in [1.54, 1.807) is 18.6 Å². The molecule has 12 rings (SSSR count). The van der Waals surface area contributed by atoms with Gasteiger partial charge in [0, 0.05) is 109 Å². The third-order valence-corrected chi connectivity index (χ3v) is 11.5. The van der Waals surface area contributed by atoms with E-state index in [4.69, 9.17) is 14.4 Å². The Morgan fingerprint density at radius 3 is 1.55 bits per heavy atom. The molecule has 0 saturated heterocycles. The molecule has 0 bridgehead atoms. The molecule has 0 aliphatic heterocycles. The van der Waals surface area contributed by atoms with Crippen LogP contribution < -0.4 is 4.90 Å². The fourth-order valence-electron chi connectivity index (χ4n) is 8.47. The molecule has 6 aromatic carbocycles. The summed E-state index contributed by atoms with van der Waals surface area (Å²) in [5, 5.41) is 11.0. The van der Waals surface area contributed by atoms with Gasteiger partial charge in [0.25, 0.3) is 0 Å². The molecular formula is C53H32N6O. The summed E-state index contributed by atoms with van der Waals surface area (Å²) in [4.78, 5) is 25.1. The summed E-state index contributed by atoms with van der Waals surface area (Å²) < 4.78 is 6.18. The van der Waals surface area contributed by atoms with Gasteiger partial charge in [-0.05, 0) is 106 Å². The van der Waals surface area contributed by atoms with Crippen LogP contribution in [0.1, 0.15) is 0 Å². The van der Waals surface area contributed by atoms with Crippen molar-refractivity contribution >= 4 is 82.1 Å². The molecular weight excluding hydrogens is 737 g/mol. The van der Waals surface area contributed by atoms with Crippen LogP contribution in [0.4, 0.5) is 17.1 Å². The highest BCUT2D eigenvalue weighted by atomic mass is 16.3. The number of furan rings is 1. The number of aromatic nitrogens is 5. The smallest absolute Gasteiger partial charge is 0.154 e.